The first-order valence-electron chi connectivity index (χ1n) is 7.45. The Morgan fingerprint density at radius 2 is 1.83 bits per heavy atom. The van der Waals surface area contributed by atoms with Gasteiger partial charge < -0.3 is 15.4 Å². The molecule has 0 atom stereocenters. The molecular formula is C17H19F2N3O2. The monoisotopic (exact) mass is 335 g/mol. The van der Waals surface area contributed by atoms with Crippen LogP contribution in [0.2, 0.25) is 0 Å². The molecule has 0 aliphatic carbocycles. The van der Waals surface area contributed by atoms with E-state index < -0.39 is 12.6 Å². The number of carbonyl (C=O) groups excluding carboxylic acids is 1. The molecule has 2 amide bonds. The maximum absolute atomic E-state index is 12.5. The van der Waals surface area contributed by atoms with E-state index in [1.165, 1.54) is 12.3 Å². The Balaban J connectivity index is 2.16. The van der Waals surface area contributed by atoms with Crippen LogP contribution in [-0.4, -0.2) is 17.6 Å². The number of amides is 2. The molecule has 24 heavy (non-hydrogen) atoms. The van der Waals surface area contributed by atoms with Crippen molar-refractivity contribution in [2.45, 2.75) is 33.3 Å². The van der Waals surface area contributed by atoms with E-state index >= 15 is 0 Å². The smallest absolute Gasteiger partial charge is 0.387 e. The van der Waals surface area contributed by atoms with Crippen molar-refractivity contribution in [2.24, 2.45) is 0 Å². The first-order chi connectivity index (χ1) is 11.4. The number of rotatable bonds is 5. The van der Waals surface area contributed by atoms with Crippen LogP contribution >= 0.6 is 0 Å². The molecule has 0 unspecified atom stereocenters. The van der Waals surface area contributed by atoms with E-state index in [9.17, 15) is 13.6 Å². The summed E-state index contributed by atoms with van der Waals surface area (Å²) < 4.78 is 29.4. The Labute approximate surface area is 139 Å². The number of nitrogens with one attached hydrogen (secondary N) is 2. The Hall–Kier alpha value is -2.70. The molecule has 128 valence electrons. The molecule has 1 heterocycles. The quantitative estimate of drug-likeness (QED) is 0.828. The summed E-state index contributed by atoms with van der Waals surface area (Å²) in [4.78, 5) is 16.2. The molecule has 7 heteroatoms. The fourth-order valence-corrected chi connectivity index (χ4v) is 2.21. The number of hydrogen-bond donors (Lipinski definition) is 2. The molecule has 0 saturated heterocycles. The molecular weight excluding hydrogens is 316 g/mol. The first kappa shape index (κ1) is 17.7. The minimum absolute atomic E-state index is 0.0698. The second kappa shape index (κ2) is 7.72. The Morgan fingerprint density at radius 3 is 2.50 bits per heavy atom. The van der Waals surface area contributed by atoms with Crippen molar-refractivity contribution in [3.8, 4) is 5.75 Å². The number of aryl methyl sites for hydroxylation is 1. The van der Waals surface area contributed by atoms with Gasteiger partial charge in [0.25, 0.3) is 0 Å². The highest BCUT2D eigenvalue weighted by Gasteiger charge is 2.14. The third-order valence-corrected chi connectivity index (χ3v) is 3.30. The van der Waals surface area contributed by atoms with Crippen LogP contribution in [0.15, 0.2) is 36.5 Å². The number of benzene rings is 1. The van der Waals surface area contributed by atoms with Gasteiger partial charge >= 0.3 is 12.6 Å². The number of para-hydroxylation sites is 1. The SMILES string of the molecule is Cc1cc(OC(F)F)c(NC(=O)Nc2ccccc2C(C)C)cn1. The molecule has 0 radical (unpaired) electrons. The Morgan fingerprint density at radius 1 is 1.17 bits per heavy atom. The van der Waals surface area contributed by atoms with E-state index in [1.807, 2.05) is 26.0 Å². The van der Waals surface area contributed by atoms with Gasteiger partial charge in [0.15, 0.2) is 5.75 Å². The van der Waals surface area contributed by atoms with Gasteiger partial charge in [-0.2, -0.15) is 8.78 Å². The lowest BCUT2D eigenvalue weighted by molar-refractivity contribution is -0.0494. The van der Waals surface area contributed by atoms with E-state index in [2.05, 4.69) is 20.4 Å². The molecule has 5 nitrogen and oxygen atoms in total. The number of alkyl halides is 2. The fourth-order valence-electron chi connectivity index (χ4n) is 2.21. The van der Waals surface area contributed by atoms with Crippen LogP contribution in [0.3, 0.4) is 0 Å². The molecule has 2 aromatic rings. The molecule has 0 aliphatic heterocycles. The van der Waals surface area contributed by atoms with Crippen LogP contribution < -0.4 is 15.4 Å². The second-order valence-electron chi connectivity index (χ2n) is 5.52. The number of pyridine rings is 1. The predicted octanol–water partition coefficient (Wildman–Crippen LogP) is 4.76. The highest BCUT2D eigenvalue weighted by molar-refractivity contribution is 6.01. The fraction of sp³-hybridized carbons (Fsp3) is 0.294. The number of halogens is 2. The summed E-state index contributed by atoms with van der Waals surface area (Å²) in [6.45, 7) is 2.67. The third kappa shape index (κ3) is 4.65. The van der Waals surface area contributed by atoms with E-state index in [1.54, 1.807) is 19.1 Å². The van der Waals surface area contributed by atoms with E-state index in [-0.39, 0.29) is 17.4 Å². The number of aromatic nitrogens is 1. The maximum atomic E-state index is 12.5. The van der Waals surface area contributed by atoms with Gasteiger partial charge in [-0.15, -0.1) is 0 Å². The first-order valence-corrected chi connectivity index (χ1v) is 7.45. The van der Waals surface area contributed by atoms with Crippen LogP contribution in [0.4, 0.5) is 25.0 Å². The summed E-state index contributed by atoms with van der Waals surface area (Å²) in [5.41, 5.74) is 2.20. The van der Waals surface area contributed by atoms with Crippen molar-refractivity contribution in [2.75, 3.05) is 10.6 Å². The van der Waals surface area contributed by atoms with Gasteiger partial charge in [0.2, 0.25) is 0 Å². The summed E-state index contributed by atoms with van der Waals surface area (Å²) in [6.07, 6.45) is 1.28. The van der Waals surface area contributed by atoms with Gasteiger partial charge in [-0.05, 0) is 24.5 Å². The maximum Gasteiger partial charge on any atom is 0.387 e. The average molecular weight is 335 g/mol. The van der Waals surface area contributed by atoms with Crippen LogP contribution in [0, 0.1) is 6.92 Å². The molecule has 0 fully saturated rings. The van der Waals surface area contributed by atoms with Crippen LogP contribution in [-0.2, 0) is 0 Å². The zero-order valence-electron chi connectivity index (χ0n) is 13.6. The number of hydrogen-bond acceptors (Lipinski definition) is 3. The molecule has 0 bridgehead atoms. The molecule has 2 rings (SSSR count). The van der Waals surface area contributed by atoms with Gasteiger partial charge in [-0.25, -0.2) is 4.79 Å². The van der Waals surface area contributed by atoms with Gasteiger partial charge in [-0.3, -0.25) is 4.98 Å². The van der Waals surface area contributed by atoms with Crippen molar-refractivity contribution < 1.29 is 18.3 Å². The van der Waals surface area contributed by atoms with Crippen LogP contribution in [0.5, 0.6) is 5.75 Å². The van der Waals surface area contributed by atoms with Gasteiger partial charge in [0.1, 0.15) is 5.69 Å². The lowest BCUT2D eigenvalue weighted by Crippen LogP contribution is -2.21. The number of anilines is 2. The molecule has 1 aromatic carbocycles. The number of ether oxygens (including phenoxy) is 1. The lowest BCUT2D eigenvalue weighted by Gasteiger charge is -2.15. The van der Waals surface area contributed by atoms with Crippen molar-refractivity contribution in [1.82, 2.24) is 4.98 Å². The number of urea groups is 1. The largest absolute Gasteiger partial charge is 0.432 e. The zero-order chi connectivity index (χ0) is 17.7. The molecule has 0 spiro atoms. The van der Waals surface area contributed by atoms with Crippen molar-refractivity contribution in [1.29, 1.82) is 0 Å². The summed E-state index contributed by atoms with van der Waals surface area (Å²) in [5, 5.41) is 5.20. The van der Waals surface area contributed by atoms with Crippen molar-refractivity contribution in [3.05, 3.63) is 47.8 Å². The minimum atomic E-state index is -2.99. The normalized spacial score (nSPS) is 10.8. The van der Waals surface area contributed by atoms with E-state index in [0.29, 0.717) is 11.4 Å². The van der Waals surface area contributed by atoms with Crippen LogP contribution in [0.25, 0.3) is 0 Å². The van der Waals surface area contributed by atoms with E-state index in [4.69, 9.17) is 0 Å². The summed E-state index contributed by atoms with van der Waals surface area (Å²) in [7, 11) is 0. The third-order valence-electron chi connectivity index (χ3n) is 3.30. The minimum Gasteiger partial charge on any atom is -0.432 e. The lowest BCUT2D eigenvalue weighted by atomic mass is 10.0. The Bertz CT molecular complexity index is 721. The van der Waals surface area contributed by atoms with Gasteiger partial charge in [0.05, 0.1) is 6.20 Å². The molecule has 0 saturated carbocycles. The van der Waals surface area contributed by atoms with Crippen LogP contribution in [0.1, 0.15) is 31.0 Å². The van der Waals surface area contributed by atoms with Gasteiger partial charge in [-0.1, -0.05) is 32.0 Å². The summed E-state index contributed by atoms with van der Waals surface area (Å²) in [6, 6.07) is 8.16. The van der Waals surface area contributed by atoms with Crippen molar-refractivity contribution >= 4 is 17.4 Å². The zero-order valence-corrected chi connectivity index (χ0v) is 13.6. The Kier molecular flexibility index (Phi) is 5.68. The summed E-state index contributed by atoms with van der Waals surface area (Å²) in [5.74, 6) is 0.0880. The molecule has 1 aromatic heterocycles. The second-order valence-corrected chi connectivity index (χ2v) is 5.52. The topological polar surface area (TPSA) is 63.2 Å². The standard InChI is InChI=1S/C17H19F2N3O2/c1-10(2)12-6-4-5-7-13(12)21-17(23)22-14-9-20-11(3)8-15(14)24-16(18)19/h4-10,16H,1-3H3,(H2,21,22,23). The highest BCUT2D eigenvalue weighted by atomic mass is 19.3. The summed E-state index contributed by atoms with van der Waals surface area (Å²) >= 11 is 0. The molecule has 2 N–H and O–H groups in total. The predicted molar refractivity (Wildman–Crippen MR) is 88.8 cm³/mol. The van der Waals surface area contributed by atoms with E-state index in [0.717, 1.165) is 5.56 Å². The van der Waals surface area contributed by atoms with Crippen molar-refractivity contribution in [3.63, 3.8) is 0 Å². The highest BCUT2D eigenvalue weighted by Crippen LogP contribution is 2.27. The number of carbonyl (C=O) groups is 1. The van der Waals surface area contributed by atoms with Gasteiger partial charge in [0, 0.05) is 17.4 Å². The average Bonchev–Trinajstić information content (AvgIpc) is 2.49. The molecule has 0 aliphatic rings. The number of nitrogens with zero attached hydrogens (tertiary/aromatic N) is 1.